The molecular weight excluding hydrogens is 676 g/mol. The lowest BCUT2D eigenvalue weighted by Gasteiger charge is -2.41. The molecule has 0 N–H and O–H groups in total. The summed E-state index contributed by atoms with van der Waals surface area (Å²) in [5.41, 5.74) is 8.93. The Hall–Kier alpha value is -5.00. The van der Waals surface area contributed by atoms with Crippen LogP contribution in [0.5, 0.6) is 57.5 Å². The SMILES string of the molecule is COc1cc(OC)c(Oc2cc3c(cc2OC)-c2c(OC)c(OC)c(OC)c4c2C(C3)N(C)CC4)cc1CC1c2cc(OC)c(OC)cc2CCN1C. The zero-order valence-electron chi connectivity index (χ0n) is 32.4. The van der Waals surface area contributed by atoms with E-state index in [1.807, 2.05) is 18.2 Å². The molecule has 0 amide bonds. The average molecular weight is 727 g/mol. The molecule has 0 fully saturated rings. The Morgan fingerprint density at radius 2 is 1.13 bits per heavy atom. The molecule has 3 aliphatic rings. The van der Waals surface area contributed by atoms with Gasteiger partial charge in [-0.3, -0.25) is 9.80 Å². The van der Waals surface area contributed by atoms with Crippen LogP contribution >= 0.6 is 0 Å². The Labute approximate surface area is 312 Å². The minimum Gasteiger partial charge on any atom is -0.496 e. The Kier molecular flexibility index (Phi) is 10.1. The van der Waals surface area contributed by atoms with Gasteiger partial charge in [-0.2, -0.15) is 0 Å². The third kappa shape index (κ3) is 6.09. The monoisotopic (exact) mass is 726 g/mol. The Balaban J connectivity index is 1.32. The fourth-order valence-corrected chi connectivity index (χ4v) is 8.52. The maximum Gasteiger partial charge on any atom is 0.204 e. The molecular formula is C42H50N2O9. The third-order valence-corrected chi connectivity index (χ3v) is 11.2. The van der Waals surface area contributed by atoms with Gasteiger partial charge in [-0.25, -0.2) is 0 Å². The van der Waals surface area contributed by atoms with Gasteiger partial charge in [0.1, 0.15) is 5.75 Å². The lowest BCUT2D eigenvalue weighted by Crippen LogP contribution is -2.36. The van der Waals surface area contributed by atoms with Gasteiger partial charge < -0.3 is 42.6 Å². The van der Waals surface area contributed by atoms with Gasteiger partial charge in [0, 0.05) is 42.4 Å². The fourth-order valence-electron chi connectivity index (χ4n) is 8.52. The summed E-state index contributed by atoms with van der Waals surface area (Å²) in [4.78, 5) is 4.77. The van der Waals surface area contributed by atoms with Gasteiger partial charge in [0.05, 0.1) is 56.9 Å². The van der Waals surface area contributed by atoms with E-state index in [4.69, 9.17) is 42.6 Å². The molecule has 1 aliphatic carbocycles. The third-order valence-electron chi connectivity index (χ3n) is 11.2. The number of rotatable bonds is 12. The molecule has 0 aromatic heterocycles. The van der Waals surface area contributed by atoms with Crippen LogP contribution in [-0.4, -0.2) is 93.9 Å². The molecule has 2 aliphatic heterocycles. The Bertz CT molecular complexity index is 2030. The molecule has 53 heavy (non-hydrogen) atoms. The average Bonchev–Trinajstić information content (AvgIpc) is 3.18. The maximum absolute atomic E-state index is 6.80. The van der Waals surface area contributed by atoms with Crippen LogP contribution in [0.2, 0.25) is 0 Å². The van der Waals surface area contributed by atoms with E-state index in [0.29, 0.717) is 46.7 Å². The van der Waals surface area contributed by atoms with Gasteiger partial charge in [0.15, 0.2) is 46.0 Å². The Morgan fingerprint density at radius 1 is 0.547 bits per heavy atom. The molecule has 4 aromatic rings. The zero-order chi connectivity index (χ0) is 37.6. The van der Waals surface area contributed by atoms with Crippen molar-refractivity contribution < 1.29 is 42.6 Å². The van der Waals surface area contributed by atoms with Crippen molar-refractivity contribution in [3.8, 4) is 68.6 Å². The predicted molar refractivity (Wildman–Crippen MR) is 203 cm³/mol. The minimum atomic E-state index is 0.0648. The summed E-state index contributed by atoms with van der Waals surface area (Å²) in [6, 6.07) is 12.4. The van der Waals surface area contributed by atoms with Crippen molar-refractivity contribution in [2.75, 3.05) is 84.1 Å². The quantitative estimate of drug-likeness (QED) is 0.150. The van der Waals surface area contributed by atoms with Gasteiger partial charge in [-0.1, -0.05) is 0 Å². The van der Waals surface area contributed by atoms with E-state index >= 15 is 0 Å². The largest absolute Gasteiger partial charge is 0.496 e. The van der Waals surface area contributed by atoms with Crippen molar-refractivity contribution in [3.63, 3.8) is 0 Å². The molecule has 0 bridgehead atoms. The summed E-state index contributed by atoms with van der Waals surface area (Å²) < 4.78 is 53.9. The number of hydrogen-bond acceptors (Lipinski definition) is 11. The molecule has 2 heterocycles. The molecule has 0 saturated carbocycles. The van der Waals surface area contributed by atoms with Crippen molar-refractivity contribution in [1.29, 1.82) is 0 Å². The summed E-state index contributed by atoms with van der Waals surface area (Å²) in [5.74, 6) is 6.42. The summed E-state index contributed by atoms with van der Waals surface area (Å²) in [7, 11) is 17.7. The number of benzene rings is 4. The second-order valence-corrected chi connectivity index (χ2v) is 13.8. The molecule has 282 valence electrons. The topological polar surface area (TPSA) is 89.6 Å². The minimum absolute atomic E-state index is 0.0648. The van der Waals surface area contributed by atoms with Gasteiger partial charge in [0.25, 0.3) is 0 Å². The van der Waals surface area contributed by atoms with E-state index in [-0.39, 0.29) is 12.1 Å². The summed E-state index contributed by atoms with van der Waals surface area (Å²) >= 11 is 0. The van der Waals surface area contributed by atoms with Gasteiger partial charge in [-0.05, 0) is 103 Å². The van der Waals surface area contributed by atoms with Crippen LogP contribution in [0.4, 0.5) is 0 Å². The molecule has 11 nitrogen and oxygen atoms in total. The van der Waals surface area contributed by atoms with E-state index in [1.54, 1.807) is 56.9 Å². The first-order valence-corrected chi connectivity index (χ1v) is 17.9. The first-order valence-electron chi connectivity index (χ1n) is 17.9. The van der Waals surface area contributed by atoms with Crippen LogP contribution in [-0.2, 0) is 25.7 Å². The van der Waals surface area contributed by atoms with Gasteiger partial charge >= 0.3 is 0 Å². The number of nitrogens with zero attached hydrogens (tertiary/aromatic N) is 2. The number of likely N-dealkylation sites (N-methyl/N-ethyl adjacent to an activating group) is 2. The fraction of sp³-hybridized carbons (Fsp3) is 0.429. The van der Waals surface area contributed by atoms with Crippen molar-refractivity contribution in [1.82, 2.24) is 9.80 Å². The molecule has 2 unspecified atom stereocenters. The second kappa shape index (κ2) is 14.8. The molecule has 2 atom stereocenters. The normalized spacial score (nSPS) is 17.5. The molecule has 0 radical (unpaired) electrons. The first kappa shape index (κ1) is 36.4. The predicted octanol–water partition coefficient (Wildman–Crippen LogP) is 7.07. The lowest BCUT2D eigenvalue weighted by atomic mass is 9.76. The molecule has 11 heteroatoms. The highest BCUT2D eigenvalue weighted by molar-refractivity contribution is 5.87. The van der Waals surface area contributed by atoms with E-state index in [1.165, 1.54) is 16.7 Å². The number of ether oxygens (including phenoxy) is 9. The molecule has 0 saturated heterocycles. The van der Waals surface area contributed by atoms with Crippen LogP contribution in [0.15, 0.2) is 36.4 Å². The van der Waals surface area contributed by atoms with Crippen LogP contribution in [0, 0.1) is 0 Å². The van der Waals surface area contributed by atoms with Gasteiger partial charge in [-0.15, -0.1) is 0 Å². The number of fused-ring (bicyclic) bond motifs is 3. The van der Waals surface area contributed by atoms with E-state index in [9.17, 15) is 0 Å². The van der Waals surface area contributed by atoms with E-state index < -0.39 is 0 Å². The second-order valence-electron chi connectivity index (χ2n) is 13.8. The van der Waals surface area contributed by atoms with Crippen molar-refractivity contribution in [2.45, 2.75) is 37.8 Å². The highest BCUT2D eigenvalue weighted by atomic mass is 16.5. The van der Waals surface area contributed by atoms with Crippen molar-refractivity contribution >= 4 is 0 Å². The number of methoxy groups -OCH3 is 8. The van der Waals surface area contributed by atoms with Gasteiger partial charge in [0.2, 0.25) is 5.75 Å². The smallest absolute Gasteiger partial charge is 0.204 e. The van der Waals surface area contributed by atoms with Crippen LogP contribution < -0.4 is 42.6 Å². The van der Waals surface area contributed by atoms with Crippen LogP contribution in [0.3, 0.4) is 0 Å². The number of hydrogen-bond donors (Lipinski definition) is 0. The van der Waals surface area contributed by atoms with Crippen LogP contribution in [0.25, 0.3) is 11.1 Å². The summed E-state index contributed by atoms with van der Waals surface area (Å²) in [6.45, 7) is 1.80. The maximum atomic E-state index is 6.80. The lowest BCUT2D eigenvalue weighted by molar-refractivity contribution is 0.222. The zero-order valence-corrected chi connectivity index (χ0v) is 32.4. The standard InChI is InChI=1S/C42H50N2O9/c1-43-13-11-23-17-32(46-4)33(47-5)20-27(23)29(43)16-25-19-37(35(49-7)22-31(25)45-3)53-36-18-24-15-30-38-26(12-14-44(30)2)40(50-8)42(52-10)41(51-9)39(38)28(24)21-34(36)48-6/h17-22,29-30H,11-16H2,1-10H3. The van der Waals surface area contributed by atoms with E-state index in [2.05, 4.69) is 42.1 Å². The summed E-state index contributed by atoms with van der Waals surface area (Å²) in [6.07, 6.45) is 3.21. The molecule has 7 rings (SSSR count). The highest BCUT2D eigenvalue weighted by Crippen LogP contribution is 2.58. The molecule has 4 aromatic carbocycles. The summed E-state index contributed by atoms with van der Waals surface area (Å²) in [5, 5.41) is 0. The highest BCUT2D eigenvalue weighted by Gasteiger charge is 2.40. The molecule has 0 spiro atoms. The Morgan fingerprint density at radius 3 is 1.79 bits per heavy atom. The van der Waals surface area contributed by atoms with Crippen molar-refractivity contribution in [2.24, 2.45) is 0 Å². The van der Waals surface area contributed by atoms with E-state index in [0.717, 1.165) is 77.4 Å². The van der Waals surface area contributed by atoms with Crippen LogP contribution in [0.1, 0.15) is 45.5 Å². The first-order chi connectivity index (χ1) is 25.7. The van der Waals surface area contributed by atoms with Crippen molar-refractivity contribution in [3.05, 3.63) is 69.8 Å².